The minimum absolute atomic E-state index is 0.0356. The second-order valence-corrected chi connectivity index (χ2v) is 9.90. The summed E-state index contributed by atoms with van der Waals surface area (Å²) < 4.78 is 41.5. The van der Waals surface area contributed by atoms with Gasteiger partial charge < -0.3 is 15.6 Å². The van der Waals surface area contributed by atoms with Crippen molar-refractivity contribution in [2.24, 2.45) is 0 Å². The summed E-state index contributed by atoms with van der Waals surface area (Å²) >= 11 is 5.91. The molecule has 0 saturated carbocycles. The second kappa shape index (κ2) is 10.7. The lowest BCUT2D eigenvalue weighted by Gasteiger charge is -2.12. The van der Waals surface area contributed by atoms with E-state index >= 15 is 0 Å². The van der Waals surface area contributed by atoms with E-state index in [-0.39, 0.29) is 34.2 Å². The van der Waals surface area contributed by atoms with Gasteiger partial charge >= 0.3 is 6.18 Å². The van der Waals surface area contributed by atoms with Crippen molar-refractivity contribution in [3.05, 3.63) is 87.8 Å². The Bertz CT molecular complexity index is 1810. The molecule has 0 fully saturated rings. The lowest BCUT2D eigenvalue weighted by Crippen LogP contribution is -2.31. The van der Waals surface area contributed by atoms with Crippen LogP contribution in [0.2, 0.25) is 5.02 Å². The SMILES string of the molecule is CC(C)c1cc(C(=O)Nc2ccc(-c3cn(CC(F)(F)F)c4ncnc(N)c34)cc2)c(=O)n(-c2ccc(Cl)cn2)n1. The van der Waals surface area contributed by atoms with Crippen LogP contribution in [0, 0.1) is 0 Å². The van der Waals surface area contributed by atoms with Crippen LogP contribution in [0.25, 0.3) is 28.0 Å². The number of pyridine rings is 1. The van der Waals surface area contributed by atoms with Gasteiger partial charge in [0.25, 0.3) is 11.5 Å². The Morgan fingerprint density at radius 3 is 2.46 bits per heavy atom. The second-order valence-electron chi connectivity index (χ2n) is 9.46. The van der Waals surface area contributed by atoms with Crippen LogP contribution in [0.1, 0.15) is 35.8 Å². The van der Waals surface area contributed by atoms with Gasteiger partial charge in [-0.05, 0) is 41.8 Å². The van der Waals surface area contributed by atoms with Gasteiger partial charge in [-0.1, -0.05) is 37.6 Å². The third kappa shape index (κ3) is 5.75. The molecule has 5 aromatic rings. The number of carbonyl (C=O) groups is 1. The third-order valence-electron chi connectivity index (χ3n) is 6.18. The first kappa shape index (κ1) is 27.8. The van der Waals surface area contributed by atoms with Crippen molar-refractivity contribution in [2.45, 2.75) is 32.5 Å². The summed E-state index contributed by atoms with van der Waals surface area (Å²) in [4.78, 5) is 38.5. The maximum atomic E-state index is 13.2. The van der Waals surface area contributed by atoms with Crippen molar-refractivity contribution >= 4 is 40.0 Å². The number of fused-ring (bicyclic) bond motifs is 1. The normalized spacial score (nSPS) is 11.8. The molecular weight excluding hydrogens is 561 g/mol. The zero-order valence-corrected chi connectivity index (χ0v) is 22.4. The van der Waals surface area contributed by atoms with E-state index in [2.05, 4.69) is 25.4 Å². The molecule has 0 radical (unpaired) electrons. The van der Waals surface area contributed by atoms with Crippen molar-refractivity contribution in [3.63, 3.8) is 0 Å². The molecule has 3 N–H and O–H groups in total. The molecule has 10 nitrogen and oxygen atoms in total. The van der Waals surface area contributed by atoms with E-state index in [1.807, 2.05) is 13.8 Å². The summed E-state index contributed by atoms with van der Waals surface area (Å²) in [5, 5.41) is 7.70. The number of anilines is 2. The molecule has 4 aromatic heterocycles. The Hall–Kier alpha value is -4.78. The summed E-state index contributed by atoms with van der Waals surface area (Å²) in [5.74, 6) is -0.535. The lowest BCUT2D eigenvalue weighted by molar-refractivity contribution is -0.139. The monoisotopic (exact) mass is 582 g/mol. The highest BCUT2D eigenvalue weighted by Crippen LogP contribution is 2.34. The largest absolute Gasteiger partial charge is 0.406 e. The molecule has 0 atom stereocenters. The highest BCUT2D eigenvalue weighted by atomic mass is 35.5. The van der Waals surface area contributed by atoms with Crippen LogP contribution in [0.15, 0.2) is 66.0 Å². The van der Waals surface area contributed by atoms with Crippen LogP contribution in [-0.2, 0) is 6.54 Å². The summed E-state index contributed by atoms with van der Waals surface area (Å²) in [6.07, 6.45) is -0.682. The Labute approximate surface area is 235 Å². The summed E-state index contributed by atoms with van der Waals surface area (Å²) in [5.41, 5.74) is 6.98. The fourth-order valence-electron chi connectivity index (χ4n) is 4.22. The third-order valence-corrected chi connectivity index (χ3v) is 6.41. The number of benzene rings is 1. The summed E-state index contributed by atoms with van der Waals surface area (Å²) in [7, 11) is 0. The first-order valence-corrected chi connectivity index (χ1v) is 12.6. The Morgan fingerprint density at radius 1 is 1.10 bits per heavy atom. The van der Waals surface area contributed by atoms with Gasteiger partial charge in [-0.2, -0.15) is 23.0 Å². The van der Waals surface area contributed by atoms with Crippen molar-refractivity contribution in [1.82, 2.24) is 29.3 Å². The van der Waals surface area contributed by atoms with Gasteiger partial charge in [-0.15, -0.1) is 0 Å². The number of aromatic nitrogens is 6. The summed E-state index contributed by atoms with van der Waals surface area (Å²) in [6.45, 7) is 2.49. The maximum Gasteiger partial charge on any atom is 0.406 e. The smallest absolute Gasteiger partial charge is 0.383 e. The van der Waals surface area contributed by atoms with Crippen LogP contribution >= 0.6 is 11.6 Å². The fraction of sp³-hybridized carbons (Fsp3) is 0.185. The van der Waals surface area contributed by atoms with Gasteiger partial charge in [-0.25, -0.2) is 15.0 Å². The number of nitrogen functional groups attached to an aromatic ring is 1. The number of nitrogens with zero attached hydrogens (tertiary/aromatic N) is 6. The van der Waals surface area contributed by atoms with E-state index in [0.717, 1.165) is 15.6 Å². The first-order valence-electron chi connectivity index (χ1n) is 12.3. The molecule has 0 unspecified atom stereocenters. The number of alkyl halides is 3. The minimum atomic E-state index is -4.47. The maximum absolute atomic E-state index is 13.2. The molecule has 4 heterocycles. The number of hydrogen-bond donors (Lipinski definition) is 2. The van der Waals surface area contributed by atoms with Gasteiger partial charge in [0, 0.05) is 23.6 Å². The molecule has 0 aliphatic carbocycles. The predicted octanol–water partition coefficient (Wildman–Crippen LogP) is 5.21. The van der Waals surface area contributed by atoms with Crippen LogP contribution < -0.4 is 16.6 Å². The molecule has 0 aliphatic heterocycles. The van der Waals surface area contributed by atoms with Crippen molar-refractivity contribution in [2.75, 3.05) is 11.1 Å². The van der Waals surface area contributed by atoms with E-state index in [9.17, 15) is 22.8 Å². The number of carbonyl (C=O) groups excluding carboxylic acids is 1. The van der Waals surface area contributed by atoms with Gasteiger partial charge in [0.05, 0.1) is 16.1 Å². The van der Waals surface area contributed by atoms with E-state index in [1.54, 1.807) is 30.3 Å². The van der Waals surface area contributed by atoms with Gasteiger partial charge in [0.1, 0.15) is 29.9 Å². The van der Waals surface area contributed by atoms with Crippen LogP contribution in [-0.4, -0.2) is 41.4 Å². The molecular formula is C27H22ClF3N8O2. The zero-order chi connectivity index (χ0) is 29.5. The predicted molar refractivity (Wildman–Crippen MR) is 148 cm³/mol. The molecule has 0 spiro atoms. The molecule has 5 rings (SSSR count). The van der Waals surface area contributed by atoms with Crippen molar-refractivity contribution in [1.29, 1.82) is 0 Å². The van der Waals surface area contributed by atoms with Crippen molar-refractivity contribution < 1.29 is 18.0 Å². The quantitative estimate of drug-likeness (QED) is 0.281. The van der Waals surface area contributed by atoms with E-state index in [4.69, 9.17) is 17.3 Å². The molecule has 0 aliphatic rings. The minimum Gasteiger partial charge on any atom is -0.383 e. The summed E-state index contributed by atoms with van der Waals surface area (Å²) in [6, 6.07) is 10.8. The highest BCUT2D eigenvalue weighted by molar-refractivity contribution is 6.30. The lowest BCUT2D eigenvalue weighted by atomic mass is 10.1. The Balaban J connectivity index is 1.47. The molecule has 1 amide bonds. The molecule has 1 aromatic carbocycles. The molecule has 0 bridgehead atoms. The standard InChI is InChI=1S/C27H22ClF3N8O2/c1-14(2)20-9-18(26(41)39(37-20)21-8-5-16(28)10-33-21)25(40)36-17-6-3-15(4-7-17)19-11-38(12-27(29,30)31)24-22(19)23(32)34-13-35-24/h3-11,13-14H,12H2,1-2H3,(H,36,40)(H2,32,34,35). The molecule has 41 heavy (non-hydrogen) atoms. The zero-order valence-electron chi connectivity index (χ0n) is 21.6. The fourth-order valence-corrected chi connectivity index (χ4v) is 4.33. The van der Waals surface area contributed by atoms with Gasteiger partial charge in [0.15, 0.2) is 5.82 Å². The van der Waals surface area contributed by atoms with Gasteiger partial charge in [0.2, 0.25) is 0 Å². The van der Waals surface area contributed by atoms with E-state index in [1.165, 1.54) is 24.5 Å². The molecule has 0 saturated heterocycles. The highest BCUT2D eigenvalue weighted by Gasteiger charge is 2.30. The average Bonchev–Trinajstić information content (AvgIpc) is 3.27. The number of nitrogens with one attached hydrogen (secondary N) is 1. The van der Waals surface area contributed by atoms with Crippen LogP contribution in [0.4, 0.5) is 24.7 Å². The average molecular weight is 583 g/mol. The molecule has 14 heteroatoms. The van der Waals surface area contributed by atoms with E-state index < -0.39 is 24.2 Å². The molecule has 210 valence electrons. The topological polar surface area (TPSA) is 134 Å². The van der Waals surface area contributed by atoms with Gasteiger partial charge in [-0.3, -0.25) is 9.59 Å². The van der Waals surface area contributed by atoms with E-state index in [0.29, 0.717) is 27.5 Å². The van der Waals surface area contributed by atoms with Crippen LogP contribution in [0.3, 0.4) is 0 Å². The van der Waals surface area contributed by atoms with Crippen LogP contribution in [0.5, 0.6) is 0 Å². The first-order chi connectivity index (χ1) is 19.4. The number of amides is 1. The van der Waals surface area contributed by atoms with Crippen molar-refractivity contribution in [3.8, 4) is 16.9 Å². The Kier molecular flexibility index (Phi) is 7.22. The Morgan fingerprint density at radius 2 is 1.83 bits per heavy atom. The number of hydrogen-bond acceptors (Lipinski definition) is 7. The number of nitrogens with two attached hydrogens (primary N) is 1. The number of halogens is 4. The number of rotatable bonds is 6.